The summed E-state index contributed by atoms with van der Waals surface area (Å²) in [4.78, 5) is 15.2. The van der Waals surface area contributed by atoms with Crippen molar-refractivity contribution in [1.29, 1.82) is 0 Å². The number of imidazole rings is 1. The second-order valence-electron chi connectivity index (χ2n) is 4.72. The van der Waals surface area contributed by atoms with Crippen LogP contribution < -0.4 is 0 Å². The molecule has 1 atom stereocenters. The number of likely N-dealkylation sites (tertiary alicyclic amines) is 1. The van der Waals surface area contributed by atoms with Crippen molar-refractivity contribution in [3.8, 4) is 0 Å². The summed E-state index contributed by atoms with van der Waals surface area (Å²) in [6.07, 6.45) is 9.68. The van der Waals surface area contributed by atoms with Gasteiger partial charge in [0, 0.05) is 25.6 Å². The molecule has 0 N–H and O–H groups in total. The van der Waals surface area contributed by atoms with Crippen molar-refractivity contribution in [3.63, 3.8) is 0 Å². The zero-order valence-electron chi connectivity index (χ0n) is 10.5. The molecule has 1 aliphatic rings. The van der Waals surface area contributed by atoms with Gasteiger partial charge in [0.15, 0.2) is 0 Å². The van der Waals surface area contributed by atoms with Gasteiger partial charge in [-0.05, 0) is 25.5 Å². The van der Waals surface area contributed by atoms with Gasteiger partial charge >= 0.3 is 0 Å². The van der Waals surface area contributed by atoms with E-state index in [0.29, 0.717) is 6.04 Å². The maximum atomic E-state index is 4.40. The fourth-order valence-corrected chi connectivity index (χ4v) is 2.58. The standard InChI is InChI=1S/C13H17N5/c1-17-8-6-15-13(17)9-18-7-2-3-12(18)11-4-5-14-10-16-11/h4-6,8,10,12H,2-3,7,9H2,1H3/t12-/m0/s1. The summed E-state index contributed by atoms with van der Waals surface area (Å²) in [7, 11) is 2.04. The van der Waals surface area contributed by atoms with Gasteiger partial charge in [0.05, 0.1) is 18.3 Å². The molecule has 3 rings (SSSR count). The molecule has 1 fully saturated rings. The highest BCUT2D eigenvalue weighted by Crippen LogP contribution is 2.31. The molecule has 0 bridgehead atoms. The van der Waals surface area contributed by atoms with E-state index in [1.807, 2.05) is 31.7 Å². The zero-order valence-corrected chi connectivity index (χ0v) is 10.5. The van der Waals surface area contributed by atoms with Gasteiger partial charge in [-0.15, -0.1) is 0 Å². The predicted octanol–water partition coefficient (Wildman–Crippen LogP) is 1.55. The monoisotopic (exact) mass is 243 g/mol. The summed E-state index contributed by atoms with van der Waals surface area (Å²) < 4.78 is 2.08. The van der Waals surface area contributed by atoms with Crippen LogP contribution in [0, 0.1) is 0 Å². The van der Waals surface area contributed by atoms with Crippen LogP contribution in [0.1, 0.15) is 30.4 Å². The average molecular weight is 243 g/mol. The van der Waals surface area contributed by atoms with Crippen molar-refractivity contribution in [3.05, 3.63) is 42.5 Å². The lowest BCUT2D eigenvalue weighted by molar-refractivity contribution is 0.236. The first-order chi connectivity index (χ1) is 8.84. The molecule has 2 aromatic heterocycles. The van der Waals surface area contributed by atoms with E-state index in [0.717, 1.165) is 24.6 Å². The number of aromatic nitrogens is 4. The molecule has 2 aromatic rings. The van der Waals surface area contributed by atoms with Gasteiger partial charge in [0.1, 0.15) is 12.2 Å². The molecule has 5 heteroatoms. The van der Waals surface area contributed by atoms with Crippen molar-refractivity contribution in [2.45, 2.75) is 25.4 Å². The molecule has 0 unspecified atom stereocenters. The third-order valence-corrected chi connectivity index (χ3v) is 3.58. The van der Waals surface area contributed by atoms with Crippen LogP contribution in [-0.2, 0) is 13.6 Å². The maximum Gasteiger partial charge on any atom is 0.122 e. The van der Waals surface area contributed by atoms with Crippen molar-refractivity contribution in [2.75, 3.05) is 6.54 Å². The molecule has 3 heterocycles. The average Bonchev–Trinajstić information content (AvgIpc) is 3.01. The van der Waals surface area contributed by atoms with Crippen LogP contribution in [0.5, 0.6) is 0 Å². The van der Waals surface area contributed by atoms with E-state index in [1.165, 1.54) is 12.8 Å². The summed E-state index contributed by atoms with van der Waals surface area (Å²) in [5.74, 6) is 1.11. The lowest BCUT2D eigenvalue weighted by Crippen LogP contribution is -2.25. The normalized spacial score (nSPS) is 20.4. The quantitative estimate of drug-likeness (QED) is 0.820. The van der Waals surface area contributed by atoms with Gasteiger partial charge in [-0.1, -0.05) is 0 Å². The molecule has 5 nitrogen and oxygen atoms in total. The Morgan fingerprint density at radius 2 is 2.28 bits per heavy atom. The molecule has 0 amide bonds. The summed E-state index contributed by atoms with van der Waals surface area (Å²) in [5.41, 5.74) is 1.12. The first-order valence-electron chi connectivity index (χ1n) is 6.31. The van der Waals surface area contributed by atoms with E-state index in [1.54, 1.807) is 6.33 Å². The minimum Gasteiger partial charge on any atom is -0.337 e. The Balaban J connectivity index is 1.78. The molecule has 0 spiro atoms. The Kier molecular flexibility index (Phi) is 3.06. The Hall–Kier alpha value is -1.75. The minimum absolute atomic E-state index is 0.407. The van der Waals surface area contributed by atoms with E-state index in [2.05, 4.69) is 24.4 Å². The fourth-order valence-electron chi connectivity index (χ4n) is 2.58. The summed E-state index contributed by atoms with van der Waals surface area (Å²) in [6.45, 7) is 2.00. The Morgan fingerprint density at radius 3 is 3.00 bits per heavy atom. The Morgan fingerprint density at radius 1 is 1.33 bits per heavy atom. The van der Waals surface area contributed by atoms with Crippen LogP contribution in [0.25, 0.3) is 0 Å². The van der Waals surface area contributed by atoms with Crippen LogP contribution in [0.2, 0.25) is 0 Å². The van der Waals surface area contributed by atoms with E-state index in [9.17, 15) is 0 Å². The number of hydrogen-bond donors (Lipinski definition) is 0. The van der Waals surface area contributed by atoms with Gasteiger partial charge < -0.3 is 4.57 Å². The Bertz CT molecular complexity index is 507. The van der Waals surface area contributed by atoms with Crippen LogP contribution >= 0.6 is 0 Å². The molecule has 0 saturated carbocycles. The van der Waals surface area contributed by atoms with E-state index in [-0.39, 0.29) is 0 Å². The van der Waals surface area contributed by atoms with Gasteiger partial charge in [-0.3, -0.25) is 4.90 Å². The molecule has 1 saturated heterocycles. The van der Waals surface area contributed by atoms with Crippen molar-refractivity contribution in [1.82, 2.24) is 24.4 Å². The van der Waals surface area contributed by atoms with Gasteiger partial charge in [0.25, 0.3) is 0 Å². The highest BCUT2D eigenvalue weighted by molar-refractivity contribution is 5.07. The topological polar surface area (TPSA) is 46.8 Å². The molecule has 0 aromatic carbocycles. The summed E-state index contributed by atoms with van der Waals surface area (Å²) >= 11 is 0. The SMILES string of the molecule is Cn1ccnc1CN1CCC[C@H]1c1ccncn1. The molecule has 1 aliphatic heterocycles. The zero-order chi connectivity index (χ0) is 12.4. The van der Waals surface area contributed by atoms with Crippen LogP contribution in [0.4, 0.5) is 0 Å². The van der Waals surface area contributed by atoms with Gasteiger partial charge in [0.2, 0.25) is 0 Å². The van der Waals surface area contributed by atoms with Gasteiger partial charge in [-0.25, -0.2) is 15.0 Å². The number of aryl methyl sites for hydroxylation is 1. The maximum absolute atomic E-state index is 4.40. The third-order valence-electron chi connectivity index (χ3n) is 3.58. The van der Waals surface area contributed by atoms with E-state index < -0.39 is 0 Å². The van der Waals surface area contributed by atoms with Crippen molar-refractivity contribution < 1.29 is 0 Å². The predicted molar refractivity (Wildman–Crippen MR) is 67.6 cm³/mol. The van der Waals surface area contributed by atoms with Crippen LogP contribution in [-0.4, -0.2) is 31.0 Å². The van der Waals surface area contributed by atoms with Crippen molar-refractivity contribution in [2.24, 2.45) is 7.05 Å². The Labute approximate surface area is 107 Å². The minimum atomic E-state index is 0.407. The highest BCUT2D eigenvalue weighted by Gasteiger charge is 2.27. The fraction of sp³-hybridized carbons (Fsp3) is 0.462. The lowest BCUT2D eigenvalue weighted by Gasteiger charge is -2.23. The van der Waals surface area contributed by atoms with Crippen LogP contribution in [0.3, 0.4) is 0 Å². The first kappa shape index (κ1) is 11.3. The molecule has 94 valence electrons. The molecular formula is C13H17N5. The second kappa shape index (κ2) is 4.86. The number of hydrogen-bond acceptors (Lipinski definition) is 4. The molecule has 0 aliphatic carbocycles. The molecular weight excluding hydrogens is 226 g/mol. The van der Waals surface area contributed by atoms with Crippen molar-refractivity contribution >= 4 is 0 Å². The first-order valence-corrected chi connectivity index (χ1v) is 6.31. The van der Waals surface area contributed by atoms with Crippen LogP contribution in [0.15, 0.2) is 31.0 Å². The third kappa shape index (κ3) is 2.13. The summed E-state index contributed by atoms with van der Waals surface area (Å²) in [5, 5.41) is 0. The number of nitrogens with zero attached hydrogens (tertiary/aromatic N) is 5. The number of rotatable bonds is 3. The highest BCUT2D eigenvalue weighted by atomic mass is 15.2. The smallest absolute Gasteiger partial charge is 0.122 e. The van der Waals surface area contributed by atoms with E-state index >= 15 is 0 Å². The van der Waals surface area contributed by atoms with E-state index in [4.69, 9.17) is 0 Å². The molecule has 18 heavy (non-hydrogen) atoms. The largest absolute Gasteiger partial charge is 0.337 e. The second-order valence-corrected chi connectivity index (χ2v) is 4.72. The lowest BCUT2D eigenvalue weighted by atomic mass is 10.1. The molecule has 0 radical (unpaired) electrons. The summed E-state index contributed by atoms with van der Waals surface area (Å²) in [6, 6.07) is 2.42. The van der Waals surface area contributed by atoms with Gasteiger partial charge in [-0.2, -0.15) is 0 Å².